The normalized spacial score (nSPS) is 12.0. The van der Waals surface area contributed by atoms with Crippen molar-refractivity contribution in [3.8, 4) is 5.75 Å². The van der Waals surface area contributed by atoms with Gasteiger partial charge >= 0.3 is 0 Å². The van der Waals surface area contributed by atoms with Crippen molar-refractivity contribution < 1.29 is 9.53 Å². The summed E-state index contributed by atoms with van der Waals surface area (Å²) in [6, 6.07) is 16.6. The molecule has 23 heavy (non-hydrogen) atoms. The first-order chi connectivity index (χ1) is 11.1. The lowest BCUT2D eigenvalue weighted by atomic mass is 10.1. The number of halogens is 1. The van der Waals surface area contributed by atoms with E-state index in [9.17, 15) is 4.79 Å². The van der Waals surface area contributed by atoms with Crippen molar-refractivity contribution in [3.05, 3.63) is 65.2 Å². The molecule has 0 aliphatic heterocycles. The average Bonchev–Trinajstić information content (AvgIpc) is 2.54. The monoisotopic (exact) mass is 332 g/mol. The second-order valence-corrected chi connectivity index (χ2v) is 5.75. The van der Waals surface area contributed by atoms with Crippen LogP contribution in [0.4, 0.5) is 0 Å². The van der Waals surface area contributed by atoms with Crippen LogP contribution in [-0.2, 0) is 4.79 Å². The third-order valence-corrected chi connectivity index (χ3v) is 3.69. The standard InChI is InChI=1S/C18H21ClN2O2/c1-21(2)17(14-8-4-3-5-9-14)18(22)20-12-13-23-16-11-7-6-10-15(16)19/h3-11,17H,12-13H2,1-2H3,(H,20,22)/t17-/m1/s1. The number of nitrogens with one attached hydrogen (secondary N) is 1. The topological polar surface area (TPSA) is 41.6 Å². The third kappa shape index (κ3) is 4.98. The lowest BCUT2D eigenvalue weighted by molar-refractivity contribution is -0.125. The molecular weight excluding hydrogens is 312 g/mol. The Balaban J connectivity index is 1.87. The van der Waals surface area contributed by atoms with Crippen LogP contribution in [0.25, 0.3) is 0 Å². The zero-order valence-corrected chi connectivity index (χ0v) is 14.1. The summed E-state index contributed by atoms with van der Waals surface area (Å²) in [7, 11) is 3.77. The zero-order valence-electron chi connectivity index (χ0n) is 13.3. The van der Waals surface area contributed by atoms with Crippen molar-refractivity contribution in [2.45, 2.75) is 6.04 Å². The van der Waals surface area contributed by atoms with Crippen LogP contribution >= 0.6 is 11.6 Å². The van der Waals surface area contributed by atoms with Gasteiger partial charge in [0.2, 0.25) is 5.91 Å². The van der Waals surface area contributed by atoms with Gasteiger partial charge in [-0.15, -0.1) is 0 Å². The molecular formula is C18H21ClN2O2. The fourth-order valence-corrected chi connectivity index (χ4v) is 2.50. The van der Waals surface area contributed by atoms with Crippen LogP contribution in [-0.4, -0.2) is 38.1 Å². The van der Waals surface area contributed by atoms with Crippen molar-refractivity contribution in [1.29, 1.82) is 0 Å². The molecule has 0 fully saturated rings. The predicted octanol–water partition coefficient (Wildman–Crippen LogP) is 3.14. The van der Waals surface area contributed by atoms with Gasteiger partial charge in [0.15, 0.2) is 0 Å². The number of hydrogen-bond donors (Lipinski definition) is 1. The highest BCUT2D eigenvalue weighted by molar-refractivity contribution is 6.32. The summed E-state index contributed by atoms with van der Waals surface area (Å²) in [5, 5.41) is 3.47. The number of para-hydroxylation sites is 1. The molecule has 2 aromatic carbocycles. The molecule has 2 aromatic rings. The smallest absolute Gasteiger partial charge is 0.242 e. The van der Waals surface area contributed by atoms with Gasteiger partial charge in [-0.05, 0) is 31.8 Å². The van der Waals surface area contributed by atoms with E-state index in [1.54, 1.807) is 12.1 Å². The number of amides is 1. The summed E-state index contributed by atoms with van der Waals surface area (Å²) in [5.41, 5.74) is 0.960. The lowest BCUT2D eigenvalue weighted by Gasteiger charge is -2.23. The van der Waals surface area contributed by atoms with Gasteiger partial charge in [0.05, 0.1) is 11.6 Å². The predicted molar refractivity (Wildman–Crippen MR) is 92.8 cm³/mol. The number of ether oxygens (including phenoxy) is 1. The van der Waals surface area contributed by atoms with E-state index in [1.807, 2.05) is 61.5 Å². The lowest BCUT2D eigenvalue weighted by Crippen LogP contribution is -2.38. The molecule has 0 aliphatic carbocycles. The first-order valence-corrected chi connectivity index (χ1v) is 7.84. The molecule has 2 rings (SSSR count). The van der Waals surface area contributed by atoms with Gasteiger partial charge in [-0.1, -0.05) is 54.1 Å². The Kier molecular flexibility index (Phi) is 6.44. The van der Waals surface area contributed by atoms with Gasteiger partial charge in [-0.2, -0.15) is 0 Å². The van der Waals surface area contributed by atoms with Crippen molar-refractivity contribution in [3.63, 3.8) is 0 Å². The number of hydrogen-bond acceptors (Lipinski definition) is 3. The van der Waals surface area contributed by atoms with Crippen LogP contribution in [0.1, 0.15) is 11.6 Å². The third-order valence-electron chi connectivity index (χ3n) is 3.38. The van der Waals surface area contributed by atoms with E-state index in [4.69, 9.17) is 16.3 Å². The summed E-state index contributed by atoms with van der Waals surface area (Å²) in [6.07, 6.45) is 0. The van der Waals surface area contributed by atoms with E-state index in [-0.39, 0.29) is 11.9 Å². The molecule has 1 N–H and O–H groups in total. The number of carbonyl (C=O) groups is 1. The second kappa shape index (κ2) is 8.56. The van der Waals surface area contributed by atoms with Crippen LogP contribution in [0.5, 0.6) is 5.75 Å². The molecule has 5 heteroatoms. The summed E-state index contributed by atoms with van der Waals surface area (Å²) < 4.78 is 5.57. The first kappa shape index (κ1) is 17.3. The summed E-state index contributed by atoms with van der Waals surface area (Å²) in [5.74, 6) is 0.569. The first-order valence-electron chi connectivity index (χ1n) is 7.46. The quantitative estimate of drug-likeness (QED) is 0.792. The molecule has 0 aromatic heterocycles. The highest BCUT2D eigenvalue weighted by atomic mass is 35.5. The highest BCUT2D eigenvalue weighted by Crippen LogP contribution is 2.22. The minimum atomic E-state index is -0.323. The molecule has 0 heterocycles. The van der Waals surface area contributed by atoms with Gasteiger partial charge in [0, 0.05) is 0 Å². The molecule has 0 spiro atoms. The van der Waals surface area contributed by atoms with E-state index in [1.165, 1.54) is 0 Å². The van der Waals surface area contributed by atoms with Crippen molar-refractivity contribution in [2.24, 2.45) is 0 Å². The summed E-state index contributed by atoms with van der Waals surface area (Å²) >= 11 is 6.02. The van der Waals surface area contributed by atoms with Crippen molar-refractivity contribution in [1.82, 2.24) is 10.2 Å². The molecule has 122 valence electrons. The van der Waals surface area contributed by atoms with E-state index < -0.39 is 0 Å². The van der Waals surface area contributed by atoms with Crippen LogP contribution in [0.3, 0.4) is 0 Å². The molecule has 1 amide bonds. The van der Waals surface area contributed by atoms with Gasteiger partial charge in [-0.3, -0.25) is 9.69 Å². The van der Waals surface area contributed by atoms with Gasteiger partial charge in [0.1, 0.15) is 18.4 Å². The number of likely N-dealkylation sites (N-methyl/N-ethyl adjacent to an activating group) is 1. The van der Waals surface area contributed by atoms with E-state index >= 15 is 0 Å². The maximum atomic E-state index is 12.4. The Morgan fingerprint density at radius 1 is 1.13 bits per heavy atom. The van der Waals surface area contributed by atoms with Crippen LogP contribution < -0.4 is 10.1 Å². The Morgan fingerprint density at radius 3 is 2.43 bits per heavy atom. The highest BCUT2D eigenvalue weighted by Gasteiger charge is 2.22. The summed E-state index contributed by atoms with van der Waals surface area (Å²) in [4.78, 5) is 14.3. The molecule has 4 nitrogen and oxygen atoms in total. The molecule has 0 saturated carbocycles. The van der Waals surface area contributed by atoms with Crippen LogP contribution in [0.2, 0.25) is 5.02 Å². The van der Waals surface area contributed by atoms with Crippen molar-refractivity contribution >= 4 is 17.5 Å². The maximum Gasteiger partial charge on any atom is 0.242 e. The fraction of sp³-hybridized carbons (Fsp3) is 0.278. The summed E-state index contributed by atoms with van der Waals surface area (Å²) in [6.45, 7) is 0.783. The van der Waals surface area contributed by atoms with Gasteiger partial charge in [0.25, 0.3) is 0 Å². The van der Waals surface area contributed by atoms with Gasteiger partial charge in [-0.25, -0.2) is 0 Å². The minimum absolute atomic E-state index is 0.0519. The average molecular weight is 333 g/mol. The number of benzene rings is 2. The van der Waals surface area contributed by atoms with E-state index in [0.29, 0.717) is 23.9 Å². The van der Waals surface area contributed by atoms with E-state index in [0.717, 1.165) is 5.56 Å². The fourth-order valence-electron chi connectivity index (χ4n) is 2.31. The number of carbonyl (C=O) groups excluding carboxylic acids is 1. The minimum Gasteiger partial charge on any atom is -0.490 e. The zero-order chi connectivity index (χ0) is 16.7. The Morgan fingerprint density at radius 2 is 1.78 bits per heavy atom. The Labute approximate surface area is 142 Å². The Bertz CT molecular complexity index is 632. The van der Waals surface area contributed by atoms with Crippen molar-refractivity contribution in [2.75, 3.05) is 27.2 Å². The molecule has 0 bridgehead atoms. The van der Waals surface area contributed by atoms with Gasteiger partial charge < -0.3 is 10.1 Å². The Hall–Kier alpha value is -2.04. The largest absolute Gasteiger partial charge is 0.490 e. The maximum absolute atomic E-state index is 12.4. The molecule has 0 saturated heterocycles. The molecule has 0 aliphatic rings. The van der Waals surface area contributed by atoms with E-state index in [2.05, 4.69) is 5.32 Å². The molecule has 1 atom stereocenters. The van der Waals surface area contributed by atoms with Crippen LogP contribution in [0.15, 0.2) is 54.6 Å². The van der Waals surface area contributed by atoms with Crippen LogP contribution in [0, 0.1) is 0 Å². The molecule has 0 unspecified atom stereocenters. The molecule has 0 radical (unpaired) electrons. The SMILES string of the molecule is CN(C)[C@@H](C(=O)NCCOc1ccccc1Cl)c1ccccc1. The number of nitrogens with zero attached hydrogens (tertiary/aromatic N) is 1. The second-order valence-electron chi connectivity index (χ2n) is 5.35. The number of rotatable bonds is 7.